The van der Waals surface area contributed by atoms with Crippen LogP contribution in [0.15, 0.2) is 29.4 Å². The van der Waals surface area contributed by atoms with Crippen molar-refractivity contribution in [3.05, 3.63) is 45.4 Å². The molecule has 2 heterocycles. The van der Waals surface area contributed by atoms with E-state index in [-0.39, 0.29) is 6.10 Å². The van der Waals surface area contributed by atoms with Crippen molar-refractivity contribution >= 4 is 17.3 Å². The van der Waals surface area contributed by atoms with E-state index >= 15 is 0 Å². The number of thiazole rings is 1. The van der Waals surface area contributed by atoms with Crippen LogP contribution in [0.5, 0.6) is 5.75 Å². The Balaban J connectivity index is 1.50. The third kappa shape index (κ3) is 6.21. The average Bonchev–Trinajstić information content (AvgIpc) is 3.35. The Morgan fingerprint density at radius 2 is 2.25 bits per heavy atom. The zero-order valence-corrected chi connectivity index (χ0v) is 17.8. The number of ether oxygens (including phenoxy) is 2. The number of aryl methyl sites for hydroxylation is 2. The summed E-state index contributed by atoms with van der Waals surface area (Å²) in [6.07, 6.45) is 5.22. The van der Waals surface area contributed by atoms with Crippen LogP contribution in [-0.4, -0.2) is 43.9 Å². The summed E-state index contributed by atoms with van der Waals surface area (Å²) in [5.74, 6) is 1.69. The Kier molecular flexibility index (Phi) is 7.68. The van der Waals surface area contributed by atoms with Crippen molar-refractivity contribution in [2.45, 2.75) is 45.8 Å². The molecule has 1 aliphatic rings. The van der Waals surface area contributed by atoms with Crippen LogP contribution >= 0.6 is 11.3 Å². The molecule has 0 amide bonds. The number of nitrogens with one attached hydrogen (secondary N) is 2. The highest BCUT2D eigenvalue weighted by Crippen LogP contribution is 2.22. The van der Waals surface area contributed by atoms with Gasteiger partial charge in [-0.1, -0.05) is 12.1 Å². The van der Waals surface area contributed by atoms with Crippen LogP contribution in [0.3, 0.4) is 0 Å². The maximum Gasteiger partial charge on any atom is 0.191 e. The molecule has 0 spiro atoms. The summed E-state index contributed by atoms with van der Waals surface area (Å²) in [6, 6.07) is 6.31. The van der Waals surface area contributed by atoms with Gasteiger partial charge in [0.15, 0.2) is 5.96 Å². The fourth-order valence-electron chi connectivity index (χ4n) is 3.11. The van der Waals surface area contributed by atoms with Crippen LogP contribution in [0.25, 0.3) is 0 Å². The lowest BCUT2D eigenvalue weighted by Gasteiger charge is -2.17. The van der Waals surface area contributed by atoms with Crippen LogP contribution in [0.4, 0.5) is 0 Å². The minimum absolute atomic E-state index is 0.213. The number of aliphatic imine (C=N–C) groups is 1. The third-order valence-corrected chi connectivity index (χ3v) is 5.61. The second-order valence-corrected chi connectivity index (χ2v) is 8.34. The lowest BCUT2D eigenvalue weighted by atomic mass is 10.1. The van der Waals surface area contributed by atoms with E-state index in [4.69, 9.17) is 9.47 Å². The smallest absolute Gasteiger partial charge is 0.191 e. The van der Waals surface area contributed by atoms with E-state index in [1.165, 1.54) is 10.4 Å². The van der Waals surface area contributed by atoms with Gasteiger partial charge in [-0.25, -0.2) is 4.98 Å². The first-order chi connectivity index (χ1) is 13.6. The predicted octanol–water partition coefficient (Wildman–Crippen LogP) is 3.23. The third-order valence-electron chi connectivity index (χ3n) is 4.64. The summed E-state index contributed by atoms with van der Waals surface area (Å²) in [6.45, 7) is 7.06. The summed E-state index contributed by atoms with van der Waals surface area (Å²) < 4.78 is 11.7. The van der Waals surface area contributed by atoms with E-state index in [1.807, 2.05) is 6.20 Å². The molecule has 7 heteroatoms. The predicted molar refractivity (Wildman–Crippen MR) is 114 cm³/mol. The number of hydrogen-bond acceptors (Lipinski definition) is 5. The molecule has 152 valence electrons. The molecular formula is C21H30N4O2S. The van der Waals surface area contributed by atoms with E-state index in [0.29, 0.717) is 13.2 Å². The van der Waals surface area contributed by atoms with Crippen LogP contribution in [0, 0.1) is 13.8 Å². The summed E-state index contributed by atoms with van der Waals surface area (Å²) in [5.41, 5.74) is 2.30. The Hall–Kier alpha value is -2.12. The largest absolute Gasteiger partial charge is 0.491 e. The first-order valence-electron chi connectivity index (χ1n) is 9.84. The van der Waals surface area contributed by atoms with Crippen LogP contribution < -0.4 is 15.4 Å². The van der Waals surface area contributed by atoms with Gasteiger partial charge in [0.25, 0.3) is 0 Å². The molecule has 0 radical (unpaired) electrons. The Morgan fingerprint density at radius 3 is 2.96 bits per heavy atom. The first-order valence-corrected chi connectivity index (χ1v) is 10.7. The topological polar surface area (TPSA) is 67.8 Å². The molecule has 1 unspecified atom stereocenters. The van der Waals surface area contributed by atoms with Gasteiger partial charge in [0.2, 0.25) is 0 Å². The van der Waals surface area contributed by atoms with Gasteiger partial charge in [-0.2, -0.15) is 0 Å². The van der Waals surface area contributed by atoms with Crippen molar-refractivity contribution in [2.24, 2.45) is 4.99 Å². The fraction of sp³-hybridized carbons (Fsp3) is 0.524. The number of hydrogen-bond donors (Lipinski definition) is 2. The zero-order chi connectivity index (χ0) is 19.8. The minimum atomic E-state index is 0.213. The van der Waals surface area contributed by atoms with Crippen molar-refractivity contribution in [1.82, 2.24) is 15.6 Å². The van der Waals surface area contributed by atoms with Gasteiger partial charge in [0.05, 0.1) is 11.1 Å². The number of benzene rings is 1. The molecule has 1 aliphatic heterocycles. The molecule has 1 aromatic carbocycles. The summed E-state index contributed by atoms with van der Waals surface area (Å²) >= 11 is 1.74. The van der Waals surface area contributed by atoms with Gasteiger partial charge in [-0.05, 0) is 38.3 Å². The monoisotopic (exact) mass is 402 g/mol. The van der Waals surface area contributed by atoms with Gasteiger partial charge >= 0.3 is 0 Å². The second kappa shape index (κ2) is 10.4. The molecule has 1 atom stereocenters. The normalized spacial score (nSPS) is 17.0. The molecule has 1 fully saturated rings. The minimum Gasteiger partial charge on any atom is -0.491 e. The highest BCUT2D eigenvalue weighted by atomic mass is 32.1. The van der Waals surface area contributed by atoms with Crippen molar-refractivity contribution < 1.29 is 9.47 Å². The Labute approximate surface area is 171 Å². The zero-order valence-electron chi connectivity index (χ0n) is 17.0. The van der Waals surface area contributed by atoms with Crippen molar-refractivity contribution in [2.75, 3.05) is 26.8 Å². The van der Waals surface area contributed by atoms with Crippen LogP contribution in [0.2, 0.25) is 0 Å². The lowest BCUT2D eigenvalue weighted by Crippen LogP contribution is -2.38. The quantitative estimate of drug-likeness (QED) is 0.524. The van der Waals surface area contributed by atoms with Gasteiger partial charge < -0.3 is 20.1 Å². The summed E-state index contributed by atoms with van der Waals surface area (Å²) in [4.78, 5) is 9.95. The molecule has 0 aliphatic carbocycles. The average molecular weight is 403 g/mol. The van der Waals surface area contributed by atoms with E-state index in [0.717, 1.165) is 54.7 Å². The highest BCUT2D eigenvalue weighted by Gasteiger charge is 2.17. The molecular weight excluding hydrogens is 372 g/mol. The van der Waals surface area contributed by atoms with Crippen molar-refractivity contribution in [3.8, 4) is 5.75 Å². The van der Waals surface area contributed by atoms with Gasteiger partial charge in [-0.15, -0.1) is 11.3 Å². The molecule has 2 aromatic rings. The maximum absolute atomic E-state index is 6.08. The van der Waals surface area contributed by atoms with Crippen LogP contribution in [0.1, 0.15) is 33.9 Å². The maximum atomic E-state index is 6.08. The highest BCUT2D eigenvalue weighted by molar-refractivity contribution is 7.11. The van der Waals surface area contributed by atoms with E-state index < -0.39 is 0 Å². The molecule has 1 aromatic heterocycles. The van der Waals surface area contributed by atoms with E-state index in [2.05, 4.69) is 52.7 Å². The molecule has 0 bridgehead atoms. The van der Waals surface area contributed by atoms with E-state index in [9.17, 15) is 0 Å². The SMILES string of the molecule is CN=C(NCCc1ncc(C)s1)NCc1ccc(C)cc1OCC1CCCO1. The Bertz CT molecular complexity index is 784. The second-order valence-electron chi connectivity index (χ2n) is 7.02. The van der Waals surface area contributed by atoms with Crippen molar-refractivity contribution in [1.29, 1.82) is 0 Å². The molecule has 2 N–H and O–H groups in total. The number of nitrogens with zero attached hydrogens (tertiary/aromatic N) is 2. The molecule has 0 saturated carbocycles. The number of guanidine groups is 1. The van der Waals surface area contributed by atoms with Crippen molar-refractivity contribution in [3.63, 3.8) is 0 Å². The van der Waals surface area contributed by atoms with Gasteiger partial charge in [0.1, 0.15) is 12.4 Å². The summed E-state index contributed by atoms with van der Waals surface area (Å²) in [7, 11) is 1.78. The van der Waals surface area contributed by atoms with E-state index in [1.54, 1.807) is 18.4 Å². The Morgan fingerprint density at radius 1 is 1.36 bits per heavy atom. The number of rotatable bonds is 8. The fourth-order valence-corrected chi connectivity index (χ4v) is 3.89. The molecule has 1 saturated heterocycles. The van der Waals surface area contributed by atoms with Crippen LogP contribution in [-0.2, 0) is 17.7 Å². The molecule has 3 rings (SSSR count). The summed E-state index contributed by atoms with van der Waals surface area (Å²) in [5, 5.41) is 7.87. The number of aromatic nitrogens is 1. The molecule has 6 nitrogen and oxygen atoms in total. The molecule has 28 heavy (non-hydrogen) atoms. The van der Waals surface area contributed by atoms with Gasteiger partial charge in [0, 0.05) is 49.8 Å². The first kappa shape index (κ1) is 20.6. The standard InChI is InChI=1S/C21H30N4O2S/c1-15-6-7-17(19(11-15)27-14-18-5-4-10-26-18)13-25-21(22-3)23-9-8-20-24-12-16(2)28-20/h6-7,11-12,18H,4-5,8-10,13-14H2,1-3H3,(H2,22,23,25). The van der Waals surface area contributed by atoms with Gasteiger partial charge in [-0.3, -0.25) is 4.99 Å². The lowest BCUT2D eigenvalue weighted by molar-refractivity contribution is 0.0676.